The fourth-order valence-corrected chi connectivity index (χ4v) is 0.851. The molecule has 1 aliphatic rings. The first kappa shape index (κ1) is 7.76. The molecule has 0 aromatic heterocycles. The summed E-state index contributed by atoms with van der Waals surface area (Å²) in [4.78, 5) is 9.07. The number of hydrogen-bond donors (Lipinski definition) is 0. The molecule has 0 aromatic rings. The highest BCUT2D eigenvalue weighted by atomic mass is 17.4. The van der Waals surface area contributed by atoms with Crippen LogP contribution in [0.3, 0.4) is 0 Å². The molecule has 57 valence electrons. The van der Waals surface area contributed by atoms with Crippen LogP contribution in [-0.2, 0) is 9.78 Å². The van der Waals surface area contributed by atoms with Gasteiger partial charge in [0.2, 0.25) is 0 Å². The van der Waals surface area contributed by atoms with E-state index in [0.717, 1.165) is 12.0 Å². The summed E-state index contributed by atoms with van der Waals surface area (Å²) < 4.78 is 0. The average Bonchev–Trinajstić information content (AvgIpc) is 2.35. The van der Waals surface area contributed by atoms with Crippen LogP contribution in [0.4, 0.5) is 0 Å². The molecule has 1 radical (unpaired) electrons. The Morgan fingerprint density at radius 3 is 2.20 bits per heavy atom. The highest BCUT2D eigenvalue weighted by molar-refractivity contribution is 5.14. The van der Waals surface area contributed by atoms with Crippen molar-refractivity contribution in [1.29, 1.82) is 0 Å². The van der Waals surface area contributed by atoms with Crippen molar-refractivity contribution in [2.24, 2.45) is 5.41 Å². The number of hydrogen-bond acceptors (Lipinski definition) is 2. The van der Waals surface area contributed by atoms with Gasteiger partial charge in [0.1, 0.15) is 0 Å². The molecule has 10 heavy (non-hydrogen) atoms. The molecule has 0 atom stereocenters. The van der Waals surface area contributed by atoms with E-state index in [1.165, 1.54) is 0 Å². The Bertz CT molecular complexity index is 140. The summed E-state index contributed by atoms with van der Waals surface area (Å²) in [6.45, 7) is 10.3. The minimum absolute atomic E-state index is 0.263. The maximum Gasteiger partial charge on any atom is 0.317 e. The average molecular weight is 141 g/mol. The van der Waals surface area contributed by atoms with Gasteiger partial charge in [-0.05, 0) is 17.4 Å². The van der Waals surface area contributed by atoms with Crippen molar-refractivity contribution in [3.05, 3.63) is 18.4 Å². The quantitative estimate of drug-likeness (QED) is 0.436. The van der Waals surface area contributed by atoms with Crippen molar-refractivity contribution in [1.82, 2.24) is 0 Å². The van der Waals surface area contributed by atoms with Gasteiger partial charge in [0.15, 0.2) is 0 Å². The Balaban J connectivity index is 2.30. The van der Waals surface area contributed by atoms with Crippen molar-refractivity contribution in [3.8, 4) is 0 Å². The Morgan fingerprint density at radius 2 is 1.90 bits per heavy atom. The van der Waals surface area contributed by atoms with E-state index >= 15 is 0 Å². The van der Waals surface area contributed by atoms with Gasteiger partial charge >= 0.3 is 6.29 Å². The summed E-state index contributed by atoms with van der Waals surface area (Å²) in [7, 11) is 0. The molecule has 1 saturated heterocycles. The molecule has 1 rings (SSSR count). The van der Waals surface area contributed by atoms with Crippen LogP contribution >= 0.6 is 0 Å². The Hall–Kier alpha value is -0.340. The van der Waals surface area contributed by atoms with Gasteiger partial charge < -0.3 is 0 Å². The van der Waals surface area contributed by atoms with Gasteiger partial charge in [-0.3, -0.25) is 0 Å². The lowest BCUT2D eigenvalue weighted by molar-refractivity contribution is 0.0850. The monoisotopic (exact) mass is 141 g/mol. The molecule has 1 fully saturated rings. The van der Waals surface area contributed by atoms with Crippen molar-refractivity contribution < 1.29 is 9.78 Å². The second kappa shape index (κ2) is 2.36. The molecule has 1 aliphatic heterocycles. The zero-order valence-electron chi connectivity index (χ0n) is 6.73. The molecule has 0 bridgehead atoms. The lowest BCUT2D eigenvalue weighted by atomic mass is 9.88. The summed E-state index contributed by atoms with van der Waals surface area (Å²) in [6, 6.07) is 0. The topological polar surface area (TPSA) is 25.1 Å². The third-order valence-corrected chi connectivity index (χ3v) is 1.20. The molecule has 0 aromatic carbocycles. The molecule has 0 spiro atoms. The van der Waals surface area contributed by atoms with Gasteiger partial charge in [0.05, 0.1) is 0 Å². The predicted octanol–water partition coefficient (Wildman–Crippen LogP) is 2.43. The highest BCUT2D eigenvalue weighted by Crippen LogP contribution is 2.36. The van der Waals surface area contributed by atoms with E-state index in [2.05, 4.69) is 37.1 Å². The second-order valence-corrected chi connectivity index (χ2v) is 3.80. The fraction of sp³-hybridized carbons (Fsp3) is 0.625. The molecule has 2 nitrogen and oxygen atoms in total. The van der Waals surface area contributed by atoms with Gasteiger partial charge in [0, 0.05) is 0 Å². The standard InChI is InChI=1S/C8H13O2/c1-6(7-9-10-7)5-8(2,3)4/h1,5H2,2-4H3. The zero-order chi connectivity index (χ0) is 7.78. The SMILES string of the molecule is C=C(CC(C)(C)C)[C]1OO1. The van der Waals surface area contributed by atoms with Gasteiger partial charge in [-0.2, -0.15) is 9.78 Å². The summed E-state index contributed by atoms with van der Waals surface area (Å²) >= 11 is 0. The third-order valence-electron chi connectivity index (χ3n) is 1.20. The maximum atomic E-state index is 4.53. The summed E-state index contributed by atoms with van der Waals surface area (Å²) in [6.07, 6.45) is 1.53. The molecular formula is C8H13O2. The van der Waals surface area contributed by atoms with Gasteiger partial charge in [-0.1, -0.05) is 27.4 Å². The van der Waals surface area contributed by atoms with E-state index in [1.807, 2.05) is 0 Å². The molecule has 0 amide bonds. The Kier molecular flexibility index (Phi) is 1.84. The van der Waals surface area contributed by atoms with E-state index in [9.17, 15) is 0 Å². The van der Waals surface area contributed by atoms with Crippen LogP contribution in [0.2, 0.25) is 0 Å². The summed E-state index contributed by atoms with van der Waals surface area (Å²) in [5.41, 5.74) is 1.21. The van der Waals surface area contributed by atoms with E-state index in [0.29, 0.717) is 6.29 Å². The van der Waals surface area contributed by atoms with Crippen LogP contribution in [0, 0.1) is 11.7 Å². The molecule has 0 saturated carbocycles. The van der Waals surface area contributed by atoms with Gasteiger partial charge in [0.25, 0.3) is 0 Å². The van der Waals surface area contributed by atoms with E-state index < -0.39 is 0 Å². The van der Waals surface area contributed by atoms with Crippen LogP contribution in [0.15, 0.2) is 12.2 Å². The molecule has 0 aliphatic carbocycles. The first-order valence-corrected chi connectivity index (χ1v) is 3.39. The van der Waals surface area contributed by atoms with Crippen molar-refractivity contribution in [2.45, 2.75) is 27.2 Å². The minimum Gasteiger partial charge on any atom is -0.183 e. The maximum absolute atomic E-state index is 4.53. The van der Waals surface area contributed by atoms with Crippen LogP contribution in [0.1, 0.15) is 27.2 Å². The van der Waals surface area contributed by atoms with Crippen molar-refractivity contribution >= 4 is 0 Å². The molecule has 1 heterocycles. The van der Waals surface area contributed by atoms with E-state index in [1.54, 1.807) is 0 Å². The third kappa shape index (κ3) is 2.50. The Morgan fingerprint density at radius 1 is 1.40 bits per heavy atom. The first-order valence-electron chi connectivity index (χ1n) is 3.39. The smallest absolute Gasteiger partial charge is 0.183 e. The summed E-state index contributed by atoms with van der Waals surface area (Å²) in [5.74, 6) is 0. The van der Waals surface area contributed by atoms with Crippen LogP contribution in [0.5, 0.6) is 0 Å². The Labute approximate surface area is 61.8 Å². The molecule has 0 N–H and O–H groups in total. The lowest BCUT2D eigenvalue weighted by Gasteiger charge is -2.16. The zero-order valence-corrected chi connectivity index (χ0v) is 6.73. The lowest BCUT2D eigenvalue weighted by Crippen LogP contribution is -2.06. The minimum atomic E-state index is 0.263. The van der Waals surface area contributed by atoms with Crippen LogP contribution in [-0.4, -0.2) is 0 Å². The molecule has 2 heteroatoms. The van der Waals surface area contributed by atoms with E-state index in [4.69, 9.17) is 0 Å². The van der Waals surface area contributed by atoms with Crippen molar-refractivity contribution in [3.63, 3.8) is 0 Å². The second-order valence-electron chi connectivity index (χ2n) is 3.80. The van der Waals surface area contributed by atoms with Gasteiger partial charge in [-0.15, -0.1) is 0 Å². The van der Waals surface area contributed by atoms with Crippen molar-refractivity contribution in [2.75, 3.05) is 0 Å². The molecular weight excluding hydrogens is 128 g/mol. The van der Waals surface area contributed by atoms with Crippen LogP contribution in [0.25, 0.3) is 0 Å². The molecule has 0 unspecified atom stereocenters. The normalized spacial score (nSPS) is 19.1. The number of rotatable bonds is 2. The largest absolute Gasteiger partial charge is 0.317 e. The highest BCUT2D eigenvalue weighted by Gasteiger charge is 2.34. The summed E-state index contributed by atoms with van der Waals surface area (Å²) in [5, 5.41) is 0. The van der Waals surface area contributed by atoms with E-state index in [-0.39, 0.29) is 5.41 Å². The van der Waals surface area contributed by atoms with Gasteiger partial charge in [-0.25, -0.2) is 0 Å². The predicted molar refractivity (Wildman–Crippen MR) is 38.6 cm³/mol. The first-order chi connectivity index (χ1) is 4.49. The van der Waals surface area contributed by atoms with Crippen LogP contribution < -0.4 is 0 Å². The fourth-order valence-electron chi connectivity index (χ4n) is 0.851.